The number of rotatable bonds is 6. The lowest BCUT2D eigenvalue weighted by Crippen LogP contribution is -2.60. The van der Waals surface area contributed by atoms with Crippen LogP contribution in [0.1, 0.15) is 107 Å². The number of carbonyl (C=O) groups is 1. The Balaban J connectivity index is 0.00000432. The van der Waals surface area contributed by atoms with E-state index in [0.29, 0.717) is 18.3 Å². The van der Waals surface area contributed by atoms with Crippen LogP contribution in [0.4, 0.5) is 13.2 Å². The van der Waals surface area contributed by atoms with E-state index in [0.717, 1.165) is 44.9 Å². The first-order valence-electron chi connectivity index (χ1n) is 18.9. The van der Waals surface area contributed by atoms with Crippen LogP contribution in [-0.4, -0.2) is 95.9 Å². The molecule has 2 N–H and O–H groups in total. The van der Waals surface area contributed by atoms with Crippen LogP contribution in [0.15, 0.2) is 0 Å². The fraction of sp³-hybridized carbons (Fsp3) is 0.974. The van der Waals surface area contributed by atoms with Crippen molar-refractivity contribution in [3.63, 3.8) is 0 Å². The van der Waals surface area contributed by atoms with Crippen LogP contribution in [0.25, 0.3) is 0 Å². The van der Waals surface area contributed by atoms with Crippen LogP contribution < -0.4 is 0 Å². The van der Waals surface area contributed by atoms with Crippen molar-refractivity contribution in [2.75, 3.05) is 26.2 Å². The van der Waals surface area contributed by atoms with Crippen molar-refractivity contribution in [1.82, 2.24) is 4.90 Å². The van der Waals surface area contributed by atoms with Gasteiger partial charge >= 0.3 is 12.1 Å². The molecule has 0 aromatic heterocycles. The maximum atomic E-state index is 13.1. The van der Waals surface area contributed by atoms with Crippen LogP contribution in [0.5, 0.6) is 0 Å². The molecule has 2 aliphatic heterocycles. The maximum Gasteiger partial charge on any atom is 0.401 e. The third kappa shape index (κ3) is 5.62. The fourth-order valence-electron chi connectivity index (χ4n) is 13.9. The van der Waals surface area contributed by atoms with Gasteiger partial charge in [-0.2, -0.15) is 13.2 Å². The quantitative estimate of drug-likeness (QED) is 0.298. The number of ether oxygens (including phenoxy) is 4. The van der Waals surface area contributed by atoms with E-state index in [9.17, 15) is 28.2 Å². The van der Waals surface area contributed by atoms with Gasteiger partial charge in [-0.15, -0.1) is 12.4 Å². The Morgan fingerprint density at radius 2 is 1.70 bits per heavy atom. The first kappa shape index (κ1) is 39.0. The summed E-state index contributed by atoms with van der Waals surface area (Å²) in [4.78, 5) is 13.5. The minimum Gasteiger partial charge on any atom is -0.457 e. The first-order valence-corrected chi connectivity index (χ1v) is 18.9. The van der Waals surface area contributed by atoms with Gasteiger partial charge in [-0.1, -0.05) is 34.6 Å². The lowest BCUT2D eigenvalue weighted by atomic mass is 9.41. The van der Waals surface area contributed by atoms with Gasteiger partial charge in [0.05, 0.1) is 43.2 Å². The summed E-state index contributed by atoms with van der Waals surface area (Å²) in [6, 6.07) is 0. The molecular formula is C38H61ClF3NO7. The zero-order valence-corrected chi connectivity index (χ0v) is 32.0. The molecule has 0 bridgehead atoms. The van der Waals surface area contributed by atoms with Gasteiger partial charge in [0.25, 0.3) is 0 Å². The smallest absolute Gasteiger partial charge is 0.401 e. The van der Waals surface area contributed by atoms with Crippen molar-refractivity contribution >= 4 is 18.4 Å². The van der Waals surface area contributed by atoms with Crippen LogP contribution in [0.2, 0.25) is 0 Å². The first-order chi connectivity index (χ1) is 22.6. The van der Waals surface area contributed by atoms with Crippen molar-refractivity contribution in [2.45, 2.75) is 155 Å². The van der Waals surface area contributed by atoms with Gasteiger partial charge in [-0.05, 0) is 111 Å². The molecule has 0 aromatic carbocycles. The molecule has 2 saturated heterocycles. The average molecular weight is 736 g/mol. The fourth-order valence-corrected chi connectivity index (χ4v) is 13.9. The minimum atomic E-state index is -4.25. The molecule has 14 atom stereocenters. The number of hydrogen-bond acceptors (Lipinski definition) is 8. The highest BCUT2D eigenvalue weighted by Crippen LogP contribution is 2.89. The summed E-state index contributed by atoms with van der Waals surface area (Å²) < 4.78 is 64.3. The molecule has 5 saturated carbocycles. The molecule has 2 spiro atoms. The van der Waals surface area contributed by atoms with Gasteiger partial charge < -0.3 is 29.2 Å². The number of aliphatic hydroxyl groups excluding tert-OH is 1. The van der Waals surface area contributed by atoms with Crippen LogP contribution >= 0.6 is 12.4 Å². The third-order valence-corrected chi connectivity index (χ3v) is 15.9. The zero-order valence-electron chi connectivity index (χ0n) is 31.2. The van der Waals surface area contributed by atoms with Crippen molar-refractivity contribution in [1.29, 1.82) is 0 Å². The summed E-state index contributed by atoms with van der Waals surface area (Å²) in [6.45, 7) is 15.9. The molecule has 5 aliphatic carbocycles. The number of carbonyl (C=O) groups excluding carboxylic acids is 1. The van der Waals surface area contributed by atoms with Gasteiger partial charge in [0.15, 0.2) is 12.4 Å². The summed E-state index contributed by atoms with van der Waals surface area (Å²) in [5, 5.41) is 23.5. The van der Waals surface area contributed by atoms with E-state index in [-0.39, 0.29) is 77.1 Å². The van der Waals surface area contributed by atoms with Crippen molar-refractivity contribution in [2.24, 2.45) is 50.7 Å². The summed E-state index contributed by atoms with van der Waals surface area (Å²) in [6.07, 6.45) is 0.473. The highest BCUT2D eigenvalue weighted by atomic mass is 35.5. The van der Waals surface area contributed by atoms with Gasteiger partial charge in [-0.25, -0.2) is 0 Å². The predicted molar refractivity (Wildman–Crippen MR) is 182 cm³/mol. The number of aliphatic hydroxyl groups is 2. The lowest BCUT2D eigenvalue weighted by molar-refractivity contribution is -0.255. The molecule has 50 heavy (non-hydrogen) atoms. The number of halogens is 4. The van der Waals surface area contributed by atoms with Crippen LogP contribution in [0, 0.1) is 50.7 Å². The number of nitrogens with zero attached hydrogens (tertiary/aromatic N) is 1. The lowest BCUT2D eigenvalue weighted by Gasteiger charge is -2.64. The summed E-state index contributed by atoms with van der Waals surface area (Å²) in [7, 11) is 0. The van der Waals surface area contributed by atoms with Gasteiger partial charge in [-0.3, -0.25) is 9.69 Å². The monoisotopic (exact) mass is 735 g/mol. The summed E-state index contributed by atoms with van der Waals surface area (Å²) in [5.74, 6) is 0.676. The molecule has 7 fully saturated rings. The Morgan fingerprint density at radius 3 is 2.34 bits per heavy atom. The Bertz CT molecular complexity index is 1310. The van der Waals surface area contributed by atoms with Gasteiger partial charge in [0.2, 0.25) is 0 Å². The normalized spacial score (nSPS) is 48.9. The highest BCUT2D eigenvalue weighted by Gasteiger charge is 2.84. The van der Waals surface area contributed by atoms with Crippen LogP contribution in [-0.2, 0) is 23.7 Å². The second kappa shape index (κ2) is 12.4. The van der Waals surface area contributed by atoms with Crippen molar-refractivity contribution in [3.8, 4) is 0 Å². The average Bonchev–Trinajstić information content (AvgIpc) is 3.61. The van der Waals surface area contributed by atoms with Gasteiger partial charge in [0, 0.05) is 25.4 Å². The van der Waals surface area contributed by atoms with E-state index in [4.69, 9.17) is 18.9 Å². The predicted octanol–water partition coefficient (Wildman–Crippen LogP) is 6.53. The molecule has 0 aromatic rings. The second-order valence-electron chi connectivity index (χ2n) is 19.0. The van der Waals surface area contributed by atoms with Gasteiger partial charge in [0.1, 0.15) is 0 Å². The highest BCUT2D eigenvalue weighted by molar-refractivity contribution is 5.85. The molecule has 7 rings (SSSR count). The van der Waals surface area contributed by atoms with E-state index in [1.165, 1.54) is 11.8 Å². The van der Waals surface area contributed by atoms with Crippen molar-refractivity contribution < 1.29 is 47.1 Å². The third-order valence-electron chi connectivity index (χ3n) is 15.9. The number of alkyl halides is 3. The van der Waals surface area contributed by atoms with E-state index in [1.54, 1.807) is 13.8 Å². The SMILES string of the molecule is CC(=O)O[C@@H]([C@H]1C[C@@H](C)[C@H]2[C@H](O1)[C@H](O)[C@@]1(C)[C@@H]3CC[C@H]4C(C)(C)[C@@H](O[C@H]5CN(CC(F)(F)F)CCO5)CC[C@@]45C[C@@]35CC[C@]21C)C(C)(C)O.Cl. The molecule has 7 aliphatic rings. The standard InChI is InChI=1S/C38H60F3NO7.ClH/c1-21-17-23(31(33(5,6)45)47-22(2)43)48-29-28(21)34(7)13-14-37-19-36(37)12-11-26(49-27-18-42(15-16-46-27)20-38(39,40)41)32(3,4)24(36)9-10-25(37)35(34,8)30(29)44;/h21,23-31,44-45H,9-20H2,1-8H3;1H/t21-,23-,24+,25+,26+,27+,28+,29+,30+,31+,34-,35-,36-,37+;/m1./s1. The second-order valence-corrected chi connectivity index (χ2v) is 19.0. The molecule has 2 heterocycles. The summed E-state index contributed by atoms with van der Waals surface area (Å²) in [5.41, 5.74) is -1.64. The van der Waals surface area contributed by atoms with E-state index in [2.05, 4.69) is 34.6 Å². The Hall–Kier alpha value is -0.690. The van der Waals surface area contributed by atoms with E-state index >= 15 is 0 Å². The molecule has 12 heteroatoms. The number of esters is 1. The van der Waals surface area contributed by atoms with E-state index in [1.807, 2.05) is 0 Å². The van der Waals surface area contributed by atoms with Crippen LogP contribution in [0.3, 0.4) is 0 Å². The Morgan fingerprint density at radius 1 is 1.04 bits per heavy atom. The van der Waals surface area contributed by atoms with E-state index < -0.39 is 55.0 Å². The molecule has 0 amide bonds. The van der Waals surface area contributed by atoms with Crippen molar-refractivity contribution in [3.05, 3.63) is 0 Å². The summed E-state index contributed by atoms with van der Waals surface area (Å²) >= 11 is 0. The topological polar surface area (TPSA) is 97.7 Å². The Kier molecular flexibility index (Phi) is 9.69. The zero-order chi connectivity index (χ0) is 35.7. The molecule has 8 nitrogen and oxygen atoms in total. The molecule has 288 valence electrons. The largest absolute Gasteiger partial charge is 0.457 e. The number of fused-ring (bicyclic) bond motifs is 4. The maximum absolute atomic E-state index is 13.1. The number of hydrogen-bond donors (Lipinski definition) is 2. The molecule has 0 unspecified atom stereocenters. The number of morpholine rings is 1. The molecular weight excluding hydrogens is 675 g/mol. The molecule has 0 radical (unpaired) electrons. The Labute approximate surface area is 302 Å². The minimum absolute atomic E-state index is 0.